The Balaban J connectivity index is 1.56. The highest BCUT2D eigenvalue weighted by molar-refractivity contribution is 5.92. The van der Waals surface area contributed by atoms with Gasteiger partial charge in [0, 0.05) is 38.9 Å². The zero-order chi connectivity index (χ0) is 19.6. The van der Waals surface area contributed by atoms with Crippen LogP contribution in [0.4, 0.5) is 22.0 Å². The van der Waals surface area contributed by atoms with Crippen LogP contribution in [0.25, 0.3) is 0 Å². The highest BCUT2D eigenvalue weighted by Gasteiger charge is 2.30. The van der Waals surface area contributed by atoms with Gasteiger partial charge < -0.3 is 4.90 Å². The number of alkyl halides is 5. The van der Waals surface area contributed by atoms with Gasteiger partial charge in [-0.25, -0.2) is 4.68 Å². The highest BCUT2D eigenvalue weighted by atomic mass is 19.4. The second-order valence-electron chi connectivity index (χ2n) is 6.23. The van der Waals surface area contributed by atoms with Gasteiger partial charge >= 0.3 is 12.7 Å². The highest BCUT2D eigenvalue weighted by Crippen LogP contribution is 2.29. The number of nitrogens with zero attached hydrogens (tertiary/aromatic N) is 4. The lowest BCUT2D eigenvalue weighted by Gasteiger charge is -2.34. The molecule has 0 saturated carbocycles. The van der Waals surface area contributed by atoms with Crippen molar-refractivity contribution in [3.8, 4) is 0 Å². The van der Waals surface area contributed by atoms with Crippen LogP contribution in [-0.4, -0.2) is 51.7 Å². The minimum absolute atomic E-state index is 0.0540. The lowest BCUT2D eigenvalue weighted by atomic mass is 10.1. The van der Waals surface area contributed by atoms with E-state index in [0.29, 0.717) is 43.0 Å². The molecule has 5 nitrogen and oxygen atoms in total. The molecular weight excluding hydrogens is 371 g/mol. The molecule has 0 aliphatic carbocycles. The van der Waals surface area contributed by atoms with E-state index >= 15 is 0 Å². The third kappa shape index (κ3) is 4.62. The number of carbonyl (C=O) groups excluding carboxylic acids is 1. The first-order chi connectivity index (χ1) is 12.7. The Bertz CT molecular complexity index is 797. The summed E-state index contributed by atoms with van der Waals surface area (Å²) < 4.78 is 63.9. The lowest BCUT2D eigenvalue weighted by molar-refractivity contribution is -0.137. The molecule has 0 bridgehead atoms. The van der Waals surface area contributed by atoms with Gasteiger partial charge in [-0.05, 0) is 17.7 Å². The molecule has 0 unspecified atom stereocenters. The van der Waals surface area contributed by atoms with E-state index in [9.17, 15) is 26.7 Å². The predicted octanol–water partition coefficient (Wildman–Crippen LogP) is 3.26. The fourth-order valence-corrected chi connectivity index (χ4v) is 2.94. The molecule has 1 aromatic heterocycles. The number of hydrogen-bond donors (Lipinski definition) is 0. The molecular formula is C17H17F5N4O. The van der Waals surface area contributed by atoms with Crippen LogP contribution in [0.3, 0.4) is 0 Å². The zero-order valence-corrected chi connectivity index (χ0v) is 14.2. The maximum absolute atomic E-state index is 12.8. The normalized spacial score (nSPS) is 16.1. The summed E-state index contributed by atoms with van der Waals surface area (Å²) in [5, 5.41) is 3.56. The van der Waals surface area contributed by atoms with Crippen LogP contribution < -0.4 is 0 Å². The maximum Gasteiger partial charge on any atom is 0.416 e. The van der Waals surface area contributed by atoms with E-state index in [1.165, 1.54) is 17.0 Å². The molecule has 1 amide bonds. The second kappa shape index (κ2) is 7.63. The molecule has 0 radical (unpaired) electrons. The summed E-state index contributed by atoms with van der Waals surface area (Å²) in [5.74, 6) is -0.437. The molecule has 1 saturated heterocycles. The van der Waals surface area contributed by atoms with Gasteiger partial charge in [-0.1, -0.05) is 18.2 Å². The van der Waals surface area contributed by atoms with Crippen molar-refractivity contribution in [3.63, 3.8) is 0 Å². The first-order valence-corrected chi connectivity index (χ1v) is 8.25. The van der Waals surface area contributed by atoms with E-state index < -0.39 is 24.2 Å². The molecule has 3 rings (SSSR count). The minimum Gasteiger partial charge on any atom is -0.335 e. The Hall–Kier alpha value is -2.49. The van der Waals surface area contributed by atoms with Gasteiger partial charge in [0.25, 0.3) is 5.91 Å². The first-order valence-electron chi connectivity index (χ1n) is 8.25. The Kier molecular flexibility index (Phi) is 5.45. The van der Waals surface area contributed by atoms with E-state index in [4.69, 9.17) is 0 Å². The molecule has 27 heavy (non-hydrogen) atoms. The minimum atomic E-state index is -4.39. The third-order valence-corrected chi connectivity index (χ3v) is 4.35. The Morgan fingerprint density at radius 3 is 2.41 bits per heavy atom. The summed E-state index contributed by atoms with van der Waals surface area (Å²) in [6.07, 6.45) is -3.34. The topological polar surface area (TPSA) is 41.4 Å². The van der Waals surface area contributed by atoms with Crippen LogP contribution in [0, 0.1) is 0 Å². The molecule has 10 heteroatoms. The van der Waals surface area contributed by atoms with E-state index in [2.05, 4.69) is 5.10 Å². The summed E-state index contributed by atoms with van der Waals surface area (Å²) in [5.41, 5.74) is -0.203. The van der Waals surface area contributed by atoms with Gasteiger partial charge in [0.1, 0.15) is 0 Å². The Labute approximate surface area is 152 Å². The maximum atomic E-state index is 12.8. The number of halogens is 5. The molecule has 1 aliphatic rings. The Morgan fingerprint density at radius 1 is 1.11 bits per heavy atom. The van der Waals surface area contributed by atoms with E-state index in [0.717, 1.165) is 18.3 Å². The monoisotopic (exact) mass is 388 g/mol. The summed E-state index contributed by atoms with van der Waals surface area (Å²) in [4.78, 5) is 15.8. The number of piperazine rings is 1. The fraction of sp³-hybridized carbons (Fsp3) is 0.412. The summed E-state index contributed by atoms with van der Waals surface area (Å²) in [7, 11) is 0. The van der Waals surface area contributed by atoms with E-state index in [1.807, 2.05) is 4.90 Å². The van der Waals surface area contributed by atoms with Crippen LogP contribution in [-0.2, 0) is 12.7 Å². The molecule has 1 aromatic carbocycles. The van der Waals surface area contributed by atoms with Crippen molar-refractivity contribution in [1.82, 2.24) is 19.6 Å². The molecule has 1 fully saturated rings. The number of aromatic nitrogens is 2. The van der Waals surface area contributed by atoms with Crippen molar-refractivity contribution in [2.45, 2.75) is 19.3 Å². The van der Waals surface area contributed by atoms with Gasteiger partial charge in [-0.3, -0.25) is 9.69 Å². The number of amides is 1. The standard InChI is InChI=1S/C17H17F5N4O/c18-16(19)26-5-4-14(23-26)15(27)25-8-6-24(7-9-25)11-12-2-1-3-13(10-12)17(20,21)22/h1-5,10,16H,6-9,11H2. The fourth-order valence-electron chi connectivity index (χ4n) is 2.94. The van der Waals surface area contributed by atoms with Crippen molar-refractivity contribution < 1.29 is 26.7 Å². The van der Waals surface area contributed by atoms with Crippen molar-refractivity contribution in [2.75, 3.05) is 26.2 Å². The largest absolute Gasteiger partial charge is 0.416 e. The van der Waals surface area contributed by atoms with Gasteiger partial charge in [-0.2, -0.15) is 27.1 Å². The lowest BCUT2D eigenvalue weighted by Crippen LogP contribution is -2.48. The summed E-state index contributed by atoms with van der Waals surface area (Å²) in [6, 6.07) is 6.39. The van der Waals surface area contributed by atoms with Gasteiger partial charge in [0.2, 0.25) is 0 Å². The molecule has 2 heterocycles. The molecule has 2 aromatic rings. The first kappa shape index (κ1) is 19.3. The van der Waals surface area contributed by atoms with Gasteiger partial charge in [0.05, 0.1) is 5.56 Å². The van der Waals surface area contributed by atoms with Gasteiger partial charge in [0.15, 0.2) is 5.69 Å². The number of rotatable bonds is 4. The summed E-state index contributed by atoms with van der Waals surface area (Å²) in [6.45, 7) is -0.837. The third-order valence-electron chi connectivity index (χ3n) is 4.35. The van der Waals surface area contributed by atoms with Crippen LogP contribution in [0.15, 0.2) is 36.5 Å². The molecule has 0 N–H and O–H groups in total. The average Bonchev–Trinajstić information content (AvgIpc) is 3.12. The Morgan fingerprint density at radius 2 is 1.81 bits per heavy atom. The summed E-state index contributed by atoms with van der Waals surface area (Å²) >= 11 is 0. The second-order valence-corrected chi connectivity index (χ2v) is 6.23. The van der Waals surface area contributed by atoms with Crippen LogP contribution in [0.2, 0.25) is 0 Å². The van der Waals surface area contributed by atoms with Gasteiger partial charge in [-0.15, -0.1) is 0 Å². The van der Waals surface area contributed by atoms with Crippen molar-refractivity contribution in [1.29, 1.82) is 0 Å². The molecule has 0 spiro atoms. The van der Waals surface area contributed by atoms with Crippen molar-refractivity contribution in [2.24, 2.45) is 0 Å². The molecule has 1 aliphatic heterocycles. The average molecular weight is 388 g/mol. The quantitative estimate of drug-likeness (QED) is 0.755. The van der Waals surface area contributed by atoms with Crippen LogP contribution in [0.5, 0.6) is 0 Å². The van der Waals surface area contributed by atoms with Crippen molar-refractivity contribution >= 4 is 5.91 Å². The SMILES string of the molecule is O=C(c1ccn(C(F)F)n1)N1CCN(Cc2cccc(C(F)(F)F)c2)CC1. The van der Waals surface area contributed by atoms with E-state index in [-0.39, 0.29) is 5.69 Å². The zero-order valence-electron chi connectivity index (χ0n) is 14.2. The number of hydrogen-bond acceptors (Lipinski definition) is 3. The smallest absolute Gasteiger partial charge is 0.335 e. The number of benzene rings is 1. The van der Waals surface area contributed by atoms with Crippen LogP contribution >= 0.6 is 0 Å². The predicted molar refractivity (Wildman–Crippen MR) is 86.1 cm³/mol. The molecule has 0 atom stereocenters. The molecule has 146 valence electrons. The van der Waals surface area contributed by atoms with E-state index in [1.54, 1.807) is 6.07 Å². The number of carbonyl (C=O) groups is 1. The van der Waals surface area contributed by atoms with Crippen molar-refractivity contribution in [3.05, 3.63) is 53.3 Å². The van der Waals surface area contributed by atoms with Crippen LogP contribution in [0.1, 0.15) is 28.2 Å².